The molecule has 2 atom stereocenters. The van der Waals surface area contributed by atoms with Crippen LogP contribution in [-0.4, -0.2) is 11.4 Å². The van der Waals surface area contributed by atoms with Gasteiger partial charge in [-0.05, 0) is 11.1 Å². The van der Waals surface area contributed by atoms with Crippen LogP contribution in [0.4, 0.5) is 0 Å². The van der Waals surface area contributed by atoms with Gasteiger partial charge in [-0.1, -0.05) is 117 Å². The van der Waals surface area contributed by atoms with Crippen molar-refractivity contribution in [2.24, 2.45) is 10.3 Å². The van der Waals surface area contributed by atoms with E-state index in [0.717, 1.165) is 11.1 Å². The molecule has 0 bridgehead atoms. The first kappa shape index (κ1) is 21.6. The maximum atomic E-state index is 6.67. The molecule has 8 heteroatoms. The highest BCUT2D eigenvalue weighted by Crippen LogP contribution is 2.46. The van der Waals surface area contributed by atoms with Crippen LogP contribution in [0.5, 0.6) is 0 Å². The molecule has 0 unspecified atom stereocenters. The standard InChI is InChI=1S/C24H16Cl4N2O2/c25-21-19(15-11-17(31-29-15)13-7-3-1-4-8-13)22(26)24(28)20(23(21)27)16-12-18(32-30-16)14-9-5-2-6-10-14/h1-10,17-18H,11-12H2/t17-,18-/m0/s1. The fourth-order valence-electron chi connectivity index (χ4n) is 3.88. The molecule has 2 heterocycles. The van der Waals surface area contributed by atoms with E-state index in [0.29, 0.717) is 35.4 Å². The minimum Gasteiger partial charge on any atom is -0.387 e. The van der Waals surface area contributed by atoms with E-state index in [1.54, 1.807) is 0 Å². The minimum atomic E-state index is -0.227. The predicted octanol–water partition coefficient (Wildman–Crippen LogP) is 8.03. The van der Waals surface area contributed by atoms with Crippen molar-refractivity contribution in [3.05, 3.63) is 103 Å². The molecular weight excluding hydrogens is 490 g/mol. The van der Waals surface area contributed by atoms with E-state index in [1.807, 2.05) is 60.7 Å². The van der Waals surface area contributed by atoms with Crippen molar-refractivity contribution in [3.8, 4) is 0 Å². The average molecular weight is 506 g/mol. The highest BCUT2D eigenvalue weighted by Gasteiger charge is 2.33. The molecule has 3 aromatic carbocycles. The summed E-state index contributed by atoms with van der Waals surface area (Å²) in [5.41, 5.74) is 4.16. The van der Waals surface area contributed by atoms with Crippen LogP contribution in [0, 0.1) is 0 Å². The quantitative estimate of drug-likeness (QED) is 0.337. The van der Waals surface area contributed by atoms with Crippen LogP contribution in [0.15, 0.2) is 71.0 Å². The largest absolute Gasteiger partial charge is 0.387 e. The number of benzene rings is 3. The minimum absolute atomic E-state index is 0.227. The van der Waals surface area contributed by atoms with Gasteiger partial charge in [-0.2, -0.15) is 0 Å². The van der Waals surface area contributed by atoms with E-state index in [4.69, 9.17) is 56.1 Å². The summed E-state index contributed by atoms with van der Waals surface area (Å²) in [6, 6.07) is 19.6. The van der Waals surface area contributed by atoms with E-state index >= 15 is 0 Å². The van der Waals surface area contributed by atoms with Crippen LogP contribution in [0.3, 0.4) is 0 Å². The number of hydrogen-bond acceptors (Lipinski definition) is 4. The first-order valence-corrected chi connectivity index (χ1v) is 11.5. The van der Waals surface area contributed by atoms with Gasteiger partial charge >= 0.3 is 0 Å². The van der Waals surface area contributed by atoms with Crippen molar-refractivity contribution in [3.63, 3.8) is 0 Å². The van der Waals surface area contributed by atoms with Gasteiger partial charge in [0.15, 0.2) is 12.2 Å². The Kier molecular flexibility index (Phi) is 6.04. The molecule has 0 saturated carbocycles. The molecule has 5 rings (SSSR count). The number of rotatable bonds is 4. The lowest BCUT2D eigenvalue weighted by molar-refractivity contribution is 0.0856. The normalized spacial score (nSPS) is 19.9. The van der Waals surface area contributed by atoms with Gasteiger partial charge in [-0.15, -0.1) is 0 Å². The number of nitrogens with zero attached hydrogens (tertiary/aromatic N) is 2. The second kappa shape index (κ2) is 8.95. The first-order chi connectivity index (χ1) is 15.5. The molecule has 3 aromatic rings. The Morgan fingerprint density at radius 3 is 1.25 bits per heavy atom. The Balaban J connectivity index is 1.45. The summed E-state index contributed by atoms with van der Waals surface area (Å²) < 4.78 is 0. The van der Waals surface area contributed by atoms with Gasteiger partial charge in [0.1, 0.15) is 0 Å². The fourth-order valence-corrected chi connectivity index (χ4v) is 5.17. The van der Waals surface area contributed by atoms with Gasteiger partial charge in [0, 0.05) is 24.0 Å². The molecule has 0 fully saturated rings. The highest BCUT2D eigenvalue weighted by atomic mass is 35.5. The third-order valence-corrected chi connectivity index (χ3v) is 7.23. The first-order valence-electron chi connectivity index (χ1n) is 9.96. The van der Waals surface area contributed by atoms with Crippen LogP contribution in [0.1, 0.15) is 47.3 Å². The maximum absolute atomic E-state index is 6.67. The van der Waals surface area contributed by atoms with E-state index in [1.165, 1.54) is 0 Å². The van der Waals surface area contributed by atoms with Crippen LogP contribution >= 0.6 is 46.4 Å². The van der Waals surface area contributed by atoms with Crippen LogP contribution < -0.4 is 0 Å². The van der Waals surface area contributed by atoms with Crippen molar-refractivity contribution in [2.75, 3.05) is 0 Å². The number of oxime groups is 2. The lowest BCUT2D eigenvalue weighted by Crippen LogP contribution is -2.08. The van der Waals surface area contributed by atoms with Gasteiger partial charge in [0.2, 0.25) is 0 Å². The molecule has 0 aromatic heterocycles. The fraction of sp³-hybridized carbons (Fsp3) is 0.167. The summed E-state index contributed by atoms with van der Waals surface area (Å²) in [6.45, 7) is 0. The Labute approximate surface area is 205 Å². The monoisotopic (exact) mass is 504 g/mol. The smallest absolute Gasteiger partial charge is 0.158 e. The second-order valence-corrected chi connectivity index (χ2v) is 9.01. The SMILES string of the molecule is Clc1c(Cl)c(C2=NO[C@H](c3ccccc3)C2)c(Cl)c(Cl)c1C1=NO[C@H](c2ccccc2)C1. The molecule has 2 aliphatic rings. The van der Waals surface area contributed by atoms with Gasteiger partial charge in [-0.25, -0.2) is 0 Å². The van der Waals surface area contributed by atoms with Crippen molar-refractivity contribution < 1.29 is 9.68 Å². The summed E-state index contributed by atoms with van der Waals surface area (Å²) in [7, 11) is 0. The Hall–Kier alpha value is -2.24. The van der Waals surface area contributed by atoms with Crippen LogP contribution in [0.25, 0.3) is 0 Å². The summed E-state index contributed by atoms with van der Waals surface area (Å²) in [4.78, 5) is 11.3. The summed E-state index contributed by atoms with van der Waals surface area (Å²) in [5.74, 6) is 0. The van der Waals surface area contributed by atoms with Crippen molar-refractivity contribution in [1.29, 1.82) is 0 Å². The maximum Gasteiger partial charge on any atom is 0.158 e. The van der Waals surface area contributed by atoms with E-state index in [-0.39, 0.29) is 32.3 Å². The van der Waals surface area contributed by atoms with Gasteiger partial charge in [-0.3, -0.25) is 0 Å². The topological polar surface area (TPSA) is 43.2 Å². The van der Waals surface area contributed by atoms with Crippen molar-refractivity contribution in [2.45, 2.75) is 25.0 Å². The Morgan fingerprint density at radius 1 is 0.562 bits per heavy atom. The third-order valence-electron chi connectivity index (χ3n) is 5.52. The van der Waals surface area contributed by atoms with Crippen LogP contribution in [-0.2, 0) is 9.68 Å². The molecule has 2 aliphatic heterocycles. The highest BCUT2D eigenvalue weighted by molar-refractivity contribution is 6.53. The molecule has 0 aliphatic carbocycles. The zero-order chi connectivity index (χ0) is 22.2. The lowest BCUT2D eigenvalue weighted by Gasteiger charge is -2.15. The zero-order valence-corrected chi connectivity index (χ0v) is 19.6. The van der Waals surface area contributed by atoms with Crippen LogP contribution in [0.2, 0.25) is 20.1 Å². The second-order valence-electron chi connectivity index (χ2n) is 7.50. The Bertz CT molecular complexity index is 1100. The summed E-state index contributed by atoms with van der Waals surface area (Å²) >= 11 is 26.7. The molecule has 4 nitrogen and oxygen atoms in total. The molecule has 32 heavy (non-hydrogen) atoms. The van der Waals surface area contributed by atoms with Gasteiger partial charge < -0.3 is 9.68 Å². The molecule has 0 N–H and O–H groups in total. The molecule has 0 radical (unpaired) electrons. The predicted molar refractivity (Wildman–Crippen MR) is 129 cm³/mol. The zero-order valence-electron chi connectivity index (χ0n) is 16.6. The van der Waals surface area contributed by atoms with Gasteiger partial charge in [0.25, 0.3) is 0 Å². The Morgan fingerprint density at radius 2 is 0.906 bits per heavy atom. The van der Waals surface area contributed by atoms with Crippen molar-refractivity contribution >= 4 is 57.8 Å². The molecule has 162 valence electrons. The lowest BCUT2D eigenvalue weighted by atomic mass is 9.96. The van der Waals surface area contributed by atoms with E-state index < -0.39 is 0 Å². The average Bonchev–Trinajstić information content (AvgIpc) is 3.50. The molecule has 0 saturated heterocycles. The molecule has 0 amide bonds. The third kappa shape index (κ3) is 3.86. The number of halogens is 4. The summed E-state index contributed by atoms with van der Waals surface area (Å²) in [5, 5.41) is 9.49. The van der Waals surface area contributed by atoms with Crippen molar-refractivity contribution in [1.82, 2.24) is 0 Å². The molecule has 0 spiro atoms. The molecular formula is C24H16Cl4N2O2. The van der Waals surface area contributed by atoms with E-state index in [2.05, 4.69) is 10.3 Å². The van der Waals surface area contributed by atoms with Gasteiger partial charge in [0.05, 0.1) is 31.5 Å². The summed E-state index contributed by atoms with van der Waals surface area (Å²) in [6.07, 6.45) is 0.537. The number of hydrogen-bond donors (Lipinski definition) is 0. The van der Waals surface area contributed by atoms with E-state index in [9.17, 15) is 0 Å².